The third kappa shape index (κ3) is 5.15. The molecular formula is C21H27N3O2S. The Bertz CT molecular complexity index is 880. The molecule has 1 aliphatic carbocycles. The molecule has 1 atom stereocenters. The molecule has 1 aliphatic heterocycles. The van der Waals surface area contributed by atoms with Crippen LogP contribution in [0.25, 0.3) is 0 Å². The van der Waals surface area contributed by atoms with Gasteiger partial charge in [0.2, 0.25) is 10.0 Å². The lowest BCUT2D eigenvalue weighted by molar-refractivity contribution is 0.534. The van der Waals surface area contributed by atoms with Gasteiger partial charge < -0.3 is 5.32 Å². The molecule has 1 aromatic heterocycles. The zero-order chi connectivity index (χ0) is 18.7. The third-order valence-electron chi connectivity index (χ3n) is 5.39. The van der Waals surface area contributed by atoms with Crippen LogP contribution < -0.4 is 10.0 Å². The van der Waals surface area contributed by atoms with E-state index < -0.39 is 10.0 Å². The molecular weight excluding hydrogens is 358 g/mol. The minimum atomic E-state index is -3.18. The topological polar surface area (TPSA) is 71.1 Å². The molecule has 1 unspecified atom stereocenters. The van der Waals surface area contributed by atoms with Crippen molar-refractivity contribution < 1.29 is 8.42 Å². The van der Waals surface area contributed by atoms with E-state index in [1.807, 2.05) is 18.3 Å². The molecule has 1 aromatic carbocycles. The number of sulfonamides is 1. The Labute approximate surface area is 161 Å². The summed E-state index contributed by atoms with van der Waals surface area (Å²) in [5, 5.41) is 3.64. The molecule has 0 amide bonds. The molecule has 1 saturated carbocycles. The normalized spacial score (nSPS) is 20.1. The fourth-order valence-electron chi connectivity index (χ4n) is 3.73. The third-order valence-corrected chi connectivity index (χ3v) is 6.88. The van der Waals surface area contributed by atoms with Crippen molar-refractivity contribution in [2.45, 2.75) is 44.7 Å². The van der Waals surface area contributed by atoms with Crippen molar-refractivity contribution in [3.8, 4) is 0 Å². The van der Waals surface area contributed by atoms with E-state index in [1.54, 1.807) is 0 Å². The Balaban J connectivity index is 1.50. The van der Waals surface area contributed by atoms with Crippen molar-refractivity contribution in [3.05, 3.63) is 65.0 Å². The lowest BCUT2D eigenvalue weighted by Crippen LogP contribution is -2.27. The van der Waals surface area contributed by atoms with Gasteiger partial charge in [-0.15, -0.1) is 0 Å². The Kier molecular flexibility index (Phi) is 5.57. The van der Waals surface area contributed by atoms with E-state index >= 15 is 0 Å². The van der Waals surface area contributed by atoms with E-state index in [2.05, 4.69) is 39.3 Å². The predicted octanol–water partition coefficient (Wildman–Crippen LogP) is 2.73. The molecule has 0 radical (unpaired) electrons. The number of nitrogens with zero attached hydrogens (tertiary/aromatic N) is 1. The first kappa shape index (κ1) is 18.6. The molecule has 2 aromatic rings. The smallest absolute Gasteiger partial charge is 0.212 e. The first-order chi connectivity index (χ1) is 13.1. The molecule has 144 valence electrons. The first-order valence-corrected chi connectivity index (χ1v) is 11.5. The number of aromatic nitrogens is 1. The van der Waals surface area contributed by atoms with E-state index in [9.17, 15) is 8.42 Å². The molecule has 0 bridgehead atoms. The van der Waals surface area contributed by atoms with Crippen LogP contribution >= 0.6 is 0 Å². The monoisotopic (exact) mass is 385 g/mol. The largest absolute Gasteiger partial charge is 0.310 e. The van der Waals surface area contributed by atoms with Crippen LogP contribution in [-0.4, -0.2) is 25.7 Å². The number of hydrogen-bond donors (Lipinski definition) is 2. The fraction of sp³-hybridized carbons (Fsp3) is 0.476. The second-order valence-corrected chi connectivity index (χ2v) is 9.57. The maximum absolute atomic E-state index is 12.2. The van der Waals surface area contributed by atoms with Gasteiger partial charge in [0.05, 0.1) is 5.75 Å². The van der Waals surface area contributed by atoms with Crippen molar-refractivity contribution in [1.82, 2.24) is 15.0 Å². The van der Waals surface area contributed by atoms with E-state index in [0.29, 0.717) is 12.5 Å². The van der Waals surface area contributed by atoms with Crippen molar-refractivity contribution in [2.75, 3.05) is 12.3 Å². The summed E-state index contributed by atoms with van der Waals surface area (Å²) in [6.45, 7) is 1.34. The molecule has 2 heterocycles. The quantitative estimate of drug-likeness (QED) is 0.769. The summed E-state index contributed by atoms with van der Waals surface area (Å²) in [5.74, 6) is 0.628. The summed E-state index contributed by atoms with van der Waals surface area (Å²) in [6, 6.07) is 12.6. The van der Waals surface area contributed by atoms with Gasteiger partial charge in [0.15, 0.2) is 0 Å². The lowest BCUT2D eigenvalue weighted by atomic mass is 9.94. The van der Waals surface area contributed by atoms with Gasteiger partial charge in [-0.05, 0) is 67.0 Å². The Morgan fingerprint density at radius 2 is 2.07 bits per heavy atom. The van der Waals surface area contributed by atoms with Gasteiger partial charge in [0.25, 0.3) is 0 Å². The number of aryl methyl sites for hydroxylation is 1. The van der Waals surface area contributed by atoms with Gasteiger partial charge in [-0.3, -0.25) is 4.98 Å². The van der Waals surface area contributed by atoms with Gasteiger partial charge in [0.1, 0.15) is 0 Å². The van der Waals surface area contributed by atoms with Crippen LogP contribution in [0.1, 0.15) is 47.7 Å². The van der Waals surface area contributed by atoms with E-state index in [-0.39, 0.29) is 11.8 Å². The van der Waals surface area contributed by atoms with Gasteiger partial charge >= 0.3 is 0 Å². The minimum Gasteiger partial charge on any atom is -0.310 e. The Morgan fingerprint density at radius 3 is 2.85 bits per heavy atom. The maximum Gasteiger partial charge on any atom is 0.212 e. The predicted molar refractivity (Wildman–Crippen MR) is 107 cm³/mol. The van der Waals surface area contributed by atoms with Crippen LogP contribution in [0.5, 0.6) is 0 Å². The molecule has 0 saturated heterocycles. The second kappa shape index (κ2) is 8.09. The highest BCUT2D eigenvalue weighted by Crippen LogP contribution is 2.30. The fourth-order valence-corrected chi connectivity index (χ4v) is 5.19. The average Bonchev–Trinajstić information content (AvgIpc) is 3.48. The number of hydrogen-bond acceptors (Lipinski definition) is 4. The number of fused-ring (bicyclic) bond motifs is 1. The van der Waals surface area contributed by atoms with Crippen molar-refractivity contribution in [1.29, 1.82) is 0 Å². The Hall–Kier alpha value is -1.76. The highest BCUT2D eigenvalue weighted by atomic mass is 32.2. The highest BCUT2D eigenvalue weighted by molar-refractivity contribution is 7.89. The lowest BCUT2D eigenvalue weighted by Gasteiger charge is -2.20. The van der Waals surface area contributed by atoms with Gasteiger partial charge in [-0.2, -0.15) is 0 Å². The van der Waals surface area contributed by atoms with Crippen LogP contribution in [0.2, 0.25) is 0 Å². The minimum absolute atomic E-state index is 0.209. The SMILES string of the molecule is O=S(=O)(CC1CC1)NCc1ccc2c(c1)C(Cc1ccccn1)NCCC2. The van der Waals surface area contributed by atoms with E-state index in [4.69, 9.17) is 0 Å². The van der Waals surface area contributed by atoms with Gasteiger partial charge in [-0.1, -0.05) is 24.3 Å². The number of pyridine rings is 1. The van der Waals surface area contributed by atoms with Crippen LogP contribution in [0.3, 0.4) is 0 Å². The summed E-state index contributed by atoms with van der Waals surface area (Å²) in [5.41, 5.74) is 4.71. The van der Waals surface area contributed by atoms with Crippen molar-refractivity contribution in [2.24, 2.45) is 5.92 Å². The van der Waals surface area contributed by atoms with Crippen LogP contribution in [0.15, 0.2) is 42.6 Å². The van der Waals surface area contributed by atoms with Crippen LogP contribution in [-0.2, 0) is 29.4 Å². The molecule has 1 fully saturated rings. The van der Waals surface area contributed by atoms with Gasteiger partial charge in [-0.25, -0.2) is 13.1 Å². The van der Waals surface area contributed by atoms with Crippen molar-refractivity contribution in [3.63, 3.8) is 0 Å². The second-order valence-electron chi connectivity index (χ2n) is 7.71. The summed E-state index contributed by atoms with van der Waals surface area (Å²) in [6.07, 6.45) is 6.91. The molecule has 0 spiro atoms. The number of rotatable bonds is 7. The van der Waals surface area contributed by atoms with Crippen LogP contribution in [0, 0.1) is 5.92 Å². The summed E-state index contributed by atoms with van der Waals surface area (Å²) < 4.78 is 27.1. The maximum atomic E-state index is 12.2. The summed E-state index contributed by atoms with van der Waals surface area (Å²) in [4.78, 5) is 4.47. The zero-order valence-electron chi connectivity index (χ0n) is 15.5. The Morgan fingerprint density at radius 1 is 1.19 bits per heavy atom. The van der Waals surface area contributed by atoms with E-state index in [1.165, 1.54) is 11.1 Å². The number of benzene rings is 1. The number of nitrogens with one attached hydrogen (secondary N) is 2. The molecule has 2 aliphatic rings. The zero-order valence-corrected chi connectivity index (χ0v) is 16.3. The molecule has 5 nitrogen and oxygen atoms in total. The van der Waals surface area contributed by atoms with E-state index in [0.717, 1.165) is 49.9 Å². The highest BCUT2D eigenvalue weighted by Gasteiger charge is 2.27. The van der Waals surface area contributed by atoms with Gasteiger partial charge in [0, 0.05) is 30.9 Å². The van der Waals surface area contributed by atoms with Crippen molar-refractivity contribution >= 4 is 10.0 Å². The summed E-state index contributed by atoms with van der Waals surface area (Å²) >= 11 is 0. The molecule has 2 N–H and O–H groups in total. The first-order valence-electron chi connectivity index (χ1n) is 9.81. The van der Waals surface area contributed by atoms with Crippen LogP contribution in [0.4, 0.5) is 0 Å². The molecule has 4 rings (SSSR count). The molecule has 27 heavy (non-hydrogen) atoms. The standard InChI is InChI=1S/C21H27N3O2S/c25-27(26,15-16-6-7-16)24-14-17-8-9-18-4-3-11-23-21(20(18)12-17)13-19-5-1-2-10-22-19/h1-2,5,8-10,12,16,21,23-24H,3-4,6-7,11,13-15H2. The average molecular weight is 386 g/mol. The molecule has 6 heteroatoms. The summed E-state index contributed by atoms with van der Waals surface area (Å²) in [7, 11) is -3.18.